The molecule has 0 heterocycles. The van der Waals surface area contributed by atoms with Crippen LogP contribution in [0.3, 0.4) is 0 Å². The van der Waals surface area contributed by atoms with Crippen LogP contribution in [0, 0.1) is 0 Å². The maximum atomic E-state index is 11.5. The first-order valence-corrected chi connectivity index (χ1v) is 5.72. The van der Waals surface area contributed by atoms with Crippen molar-refractivity contribution < 1.29 is 9.53 Å². The predicted molar refractivity (Wildman–Crippen MR) is 65.1 cm³/mol. The number of hydrogen-bond acceptors (Lipinski definition) is 2. The lowest BCUT2D eigenvalue weighted by Crippen LogP contribution is -2.29. The summed E-state index contributed by atoms with van der Waals surface area (Å²) in [6.45, 7) is 3.40. The molecular weight excluding hydrogens is 303 g/mol. The monoisotopic (exact) mass is 310 g/mol. The van der Waals surface area contributed by atoms with Gasteiger partial charge in [-0.05, 0) is 26.0 Å². The number of carbonyl (C=O) groups is 1. The Morgan fingerprint density at radius 1 is 1.33 bits per heavy atom. The third-order valence-corrected chi connectivity index (χ3v) is 2.65. The van der Waals surface area contributed by atoms with Crippen LogP contribution in [0.2, 0.25) is 10.0 Å². The van der Waals surface area contributed by atoms with Crippen molar-refractivity contribution in [1.82, 2.24) is 0 Å². The van der Waals surface area contributed by atoms with Crippen LogP contribution in [0.25, 0.3) is 0 Å². The second-order valence-corrected chi connectivity index (χ2v) is 6.23. The Bertz CT molecular complexity index is 385. The van der Waals surface area contributed by atoms with E-state index in [4.69, 9.17) is 27.9 Å². The zero-order valence-electron chi connectivity index (χ0n) is 8.18. The van der Waals surface area contributed by atoms with Crippen molar-refractivity contribution in [3.05, 3.63) is 28.2 Å². The van der Waals surface area contributed by atoms with Crippen molar-refractivity contribution in [3.8, 4) is 5.75 Å². The van der Waals surface area contributed by atoms with Crippen molar-refractivity contribution >= 4 is 45.1 Å². The average Bonchev–Trinajstić information content (AvgIpc) is 2.10. The maximum Gasteiger partial charge on any atom is 0.327 e. The number of benzene rings is 1. The molecule has 0 bridgehead atoms. The number of hydrogen-bond donors (Lipinski definition) is 0. The van der Waals surface area contributed by atoms with Crippen molar-refractivity contribution in [1.29, 1.82) is 0 Å². The largest absolute Gasteiger partial charge is 0.425 e. The minimum Gasteiger partial charge on any atom is -0.425 e. The van der Waals surface area contributed by atoms with Gasteiger partial charge in [-0.1, -0.05) is 39.1 Å². The first kappa shape index (κ1) is 12.8. The van der Waals surface area contributed by atoms with Crippen molar-refractivity contribution in [2.45, 2.75) is 18.2 Å². The molecule has 15 heavy (non-hydrogen) atoms. The Balaban J connectivity index is 2.83. The van der Waals surface area contributed by atoms with E-state index in [9.17, 15) is 4.79 Å². The quantitative estimate of drug-likeness (QED) is 0.467. The van der Waals surface area contributed by atoms with E-state index in [0.717, 1.165) is 0 Å². The van der Waals surface area contributed by atoms with Gasteiger partial charge in [0.05, 0.1) is 10.0 Å². The van der Waals surface area contributed by atoms with Crippen LogP contribution in [-0.4, -0.2) is 10.3 Å². The Labute approximate surface area is 107 Å². The summed E-state index contributed by atoms with van der Waals surface area (Å²) < 4.78 is 4.36. The molecule has 0 unspecified atom stereocenters. The molecule has 5 heteroatoms. The molecule has 0 saturated carbocycles. The minimum atomic E-state index is -0.723. The smallest absolute Gasteiger partial charge is 0.327 e. The summed E-state index contributed by atoms with van der Waals surface area (Å²) in [5.74, 6) is -0.0113. The summed E-state index contributed by atoms with van der Waals surface area (Å²) in [4.78, 5) is 11.5. The lowest BCUT2D eigenvalue weighted by Gasteiger charge is -2.14. The maximum absolute atomic E-state index is 11.5. The van der Waals surface area contributed by atoms with E-state index < -0.39 is 4.32 Å². The Morgan fingerprint density at radius 2 is 1.93 bits per heavy atom. The van der Waals surface area contributed by atoms with E-state index in [1.165, 1.54) is 6.07 Å². The molecule has 0 radical (unpaired) electrons. The van der Waals surface area contributed by atoms with Crippen LogP contribution >= 0.6 is 39.1 Å². The lowest BCUT2D eigenvalue weighted by atomic mass is 10.2. The number of esters is 1. The molecule has 0 aliphatic rings. The third-order valence-electron chi connectivity index (χ3n) is 1.59. The van der Waals surface area contributed by atoms with Crippen LogP contribution in [-0.2, 0) is 4.79 Å². The summed E-state index contributed by atoms with van der Waals surface area (Å²) in [5, 5.41) is 0.781. The van der Waals surface area contributed by atoms with Crippen LogP contribution in [0.5, 0.6) is 5.75 Å². The average molecular weight is 312 g/mol. The molecule has 82 valence electrons. The van der Waals surface area contributed by atoms with Gasteiger partial charge in [-0.25, -0.2) is 0 Å². The zero-order chi connectivity index (χ0) is 11.6. The zero-order valence-corrected chi connectivity index (χ0v) is 11.3. The molecule has 0 aliphatic heterocycles. The Kier molecular flexibility index (Phi) is 4.04. The summed E-state index contributed by atoms with van der Waals surface area (Å²) in [7, 11) is 0. The fraction of sp³-hybridized carbons (Fsp3) is 0.300. The van der Waals surface area contributed by atoms with Gasteiger partial charge in [0.15, 0.2) is 0 Å². The fourth-order valence-corrected chi connectivity index (χ4v) is 1.14. The third kappa shape index (κ3) is 3.67. The fourth-order valence-electron chi connectivity index (χ4n) is 0.769. The van der Waals surface area contributed by atoms with E-state index >= 15 is 0 Å². The standard InChI is InChI=1S/C10H9BrCl2O2/c1-10(2,11)9(14)15-6-3-4-7(12)8(13)5-6/h3-5H,1-2H3. The first-order chi connectivity index (χ1) is 6.80. The molecule has 0 N–H and O–H groups in total. The molecule has 1 aromatic rings. The number of alkyl halides is 1. The summed E-state index contributed by atoms with van der Waals surface area (Å²) in [6.07, 6.45) is 0. The van der Waals surface area contributed by atoms with Crippen LogP contribution < -0.4 is 4.74 Å². The number of rotatable bonds is 2. The van der Waals surface area contributed by atoms with Crippen molar-refractivity contribution in [2.75, 3.05) is 0 Å². The topological polar surface area (TPSA) is 26.3 Å². The van der Waals surface area contributed by atoms with E-state index in [2.05, 4.69) is 15.9 Å². The summed E-state index contributed by atoms with van der Waals surface area (Å²) in [6, 6.07) is 4.67. The second-order valence-electron chi connectivity index (χ2n) is 3.44. The highest BCUT2D eigenvalue weighted by atomic mass is 79.9. The molecule has 0 aliphatic carbocycles. The van der Waals surface area contributed by atoms with Gasteiger partial charge >= 0.3 is 5.97 Å². The molecular formula is C10H9BrCl2O2. The normalized spacial score (nSPS) is 11.3. The Hall–Kier alpha value is -0.250. The molecule has 1 aromatic carbocycles. The van der Waals surface area contributed by atoms with Gasteiger partial charge in [0.25, 0.3) is 0 Å². The molecule has 0 spiro atoms. The highest BCUT2D eigenvalue weighted by Crippen LogP contribution is 2.27. The van der Waals surface area contributed by atoms with Gasteiger partial charge < -0.3 is 4.74 Å². The van der Waals surface area contributed by atoms with Gasteiger partial charge in [0, 0.05) is 6.07 Å². The number of carbonyl (C=O) groups excluding carboxylic acids is 1. The summed E-state index contributed by atoms with van der Waals surface area (Å²) >= 11 is 14.7. The lowest BCUT2D eigenvalue weighted by molar-refractivity contribution is -0.136. The van der Waals surface area contributed by atoms with E-state index in [1.54, 1.807) is 26.0 Å². The van der Waals surface area contributed by atoms with E-state index in [1.807, 2.05) is 0 Å². The van der Waals surface area contributed by atoms with Gasteiger partial charge in [-0.2, -0.15) is 0 Å². The van der Waals surface area contributed by atoms with Gasteiger partial charge in [-0.15, -0.1) is 0 Å². The van der Waals surface area contributed by atoms with E-state index in [-0.39, 0.29) is 5.97 Å². The van der Waals surface area contributed by atoms with Crippen LogP contribution in [0.1, 0.15) is 13.8 Å². The van der Waals surface area contributed by atoms with Crippen LogP contribution in [0.15, 0.2) is 18.2 Å². The molecule has 0 fully saturated rings. The van der Waals surface area contributed by atoms with E-state index in [0.29, 0.717) is 15.8 Å². The van der Waals surface area contributed by atoms with Crippen molar-refractivity contribution in [3.63, 3.8) is 0 Å². The van der Waals surface area contributed by atoms with Gasteiger partial charge in [0.2, 0.25) is 0 Å². The minimum absolute atomic E-state index is 0.356. The molecule has 0 saturated heterocycles. The predicted octanol–water partition coefficient (Wildman–Crippen LogP) is 4.07. The highest BCUT2D eigenvalue weighted by molar-refractivity contribution is 9.10. The first-order valence-electron chi connectivity index (χ1n) is 4.17. The van der Waals surface area contributed by atoms with Crippen molar-refractivity contribution in [2.24, 2.45) is 0 Å². The van der Waals surface area contributed by atoms with Gasteiger partial charge in [0.1, 0.15) is 10.1 Å². The molecule has 2 nitrogen and oxygen atoms in total. The number of ether oxygens (including phenoxy) is 1. The van der Waals surface area contributed by atoms with Gasteiger partial charge in [-0.3, -0.25) is 4.79 Å². The molecule has 0 atom stereocenters. The molecule has 0 aromatic heterocycles. The summed E-state index contributed by atoms with van der Waals surface area (Å²) in [5.41, 5.74) is 0. The Morgan fingerprint density at radius 3 is 2.40 bits per heavy atom. The second kappa shape index (κ2) is 4.73. The molecule has 0 amide bonds. The van der Waals surface area contributed by atoms with Crippen LogP contribution in [0.4, 0.5) is 0 Å². The number of halogens is 3. The SMILES string of the molecule is CC(C)(Br)C(=O)Oc1ccc(Cl)c(Cl)c1. The molecule has 1 rings (SSSR count). The highest BCUT2D eigenvalue weighted by Gasteiger charge is 2.26.